The third-order valence-electron chi connectivity index (χ3n) is 3.80. The highest BCUT2D eigenvalue weighted by Gasteiger charge is 2.42. The van der Waals surface area contributed by atoms with E-state index in [1.54, 1.807) is 0 Å². The molecule has 0 bridgehead atoms. The molecule has 0 radical (unpaired) electrons. The first-order valence-electron chi connectivity index (χ1n) is 7.08. The summed E-state index contributed by atoms with van der Waals surface area (Å²) in [5, 5.41) is 3.00. The molecule has 1 amide bonds. The Labute approximate surface area is 133 Å². The van der Waals surface area contributed by atoms with Crippen molar-refractivity contribution in [3.8, 4) is 0 Å². The Balaban J connectivity index is 2.23. The van der Waals surface area contributed by atoms with Gasteiger partial charge >= 0.3 is 5.97 Å². The highest BCUT2D eigenvalue weighted by Crippen LogP contribution is 2.39. The largest absolute Gasteiger partial charge is 0.465 e. The van der Waals surface area contributed by atoms with Crippen LogP contribution in [-0.2, 0) is 19.2 Å². The van der Waals surface area contributed by atoms with E-state index in [-0.39, 0.29) is 17.4 Å². The second-order valence-electron chi connectivity index (χ2n) is 5.18. The van der Waals surface area contributed by atoms with Crippen LogP contribution in [-0.4, -0.2) is 24.0 Å². The number of carbonyl (C=O) groups excluding carboxylic acids is 2. The van der Waals surface area contributed by atoms with Crippen molar-refractivity contribution in [2.75, 3.05) is 7.11 Å². The molecule has 0 spiro atoms. The molecule has 2 aromatic rings. The Hall–Kier alpha value is -3.02. The van der Waals surface area contributed by atoms with Gasteiger partial charge in [0.1, 0.15) is 11.6 Å². The monoisotopic (exact) mass is 312 g/mol. The number of ether oxygens (including phenoxy) is 1. The number of carbonyl (C=O) groups is 2. The molecule has 1 unspecified atom stereocenters. The number of amides is 1. The third kappa shape index (κ3) is 2.38. The van der Waals surface area contributed by atoms with Crippen LogP contribution in [0.15, 0.2) is 53.9 Å². The molecule has 0 saturated heterocycles. The fraction of sp³-hybridized carbons (Fsp3) is 0.176. The van der Waals surface area contributed by atoms with Crippen molar-refractivity contribution in [2.24, 2.45) is 5.73 Å². The summed E-state index contributed by atoms with van der Waals surface area (Å²) in [6.45, 7) is 1.35. The molecular weight excluding hydrogens is 296 g/mol. The van der Waals surface area contributed by atoms with Gasteiger partial charge in [0.2, 0.25) is 5.88 Å². The van der Waals surface area contributed by atoms with E-state index in [0.717, 1.165) is 21.4 Å². The van der Waals surface area contributed by atoms with Crippen LogP contribution in [0.25, 0.3) is 10.8 Å². The standard InChI is InChI=1S/C17H16N2O4/c1-10(20)19-15(14(16(18)23-19)17(21)22-2)13-9-5-7-11-6-3-4-8-12(11)13/h3-9,15H,18H2,1-2H3. The van der Waals surface area contributed by atoms with Gasteiger partial charge in [-0.2, -0.15) is 5.06 Å². The Morgan fingerprint density at radius 2 is 1.87 bits per heavy atom. The number of nitrogens with two attached hydrogens (primary N) is 1. The van der Waals surface area contributed by atoms with E-state index < -0.39 is 12.0 Å². The Bertz CT molecular complexity index is 823. The summed E-state index contributed by atoms with van der Waals surface area (Å²) in [6.07, 6.45) is 0. The minimum atomic E-state index is -0.744. The topological polar surface area (TPSA) is 81.9 Å². The van der Waals surface area contributed by atoms with E-state index in [2.05, 4.69) is 0 Å². The molecule has 3 rings (SSSR count). The van der Waals surface area contributed by atoms with Crippen molar-refractivity contribution >= 4 is 22.6 Å². The molecule has 23 heavy (non-hydrogen) atoms. The molecule has 1 aliphatic heterocycles. The van der Waals surface area contributed by atoms with Crippen LogP contribution in [0, 0.1) is 0 Å². The molecule has 0 aliphatic carbocycles. The van der Waals surface area contributed by atoms with E-state index >= 15 is 0 Å². The number of rotatable bonds is 2. The van der Waals surface area contributed by atoms with Crippen LogP contribution in [0.4, 0.5) is 0 Å². The molecule has 1 aliphatic rings. The molecule has 0 saturated carbocycles. The summed E-state index contributed by atoms with van der Waals surface area (Å²) in [4.78, 5) is 29.4. The second-order valence-corrected chi connectivity index (χ2v) is 5.18. The van der Waals surface area contributed by atoms with E-state index in [9.17, 15) is 9.59 Å². The van der Waals surface area contributed by atoms with Gasteiger partial charge in [0.25, 0.3) is 5.91 Å². The highest BCUT2D eigenvalue weighted by molar-refractivity contribution is 5.95. The van der Waals surface area contributed by atoms with E-state index in [4.69, 9.17) is 15.3 Å². The number of fused-ring (bicyclic) bond motifs is 1. The number of hydrogen-bond acceptors (Lipinski definition) is 5. The van der Waals surface area contributed by atoms with Gasteiger partial charge < -0.3 is 15.3 Å². The van der Waals surface area contributed by atoms with Gasteiger partial charge in [-0.3, -0.25) is 4.79 Å². The van der Waals surface area contributed by atoms with Crippen LogP contribution in [0.2, 0.25) is 0 Å². The first-order valence-corrected chi connectivity index (χ1v) is 7.08. The lowest BCUT2D eigenvalue weighted by Gasteiger charge is -2.23. The smallest absolute Gasteiger partial charge is 0.341 e. The maximum atomic E-state index is 12.1. The molecule has 0 fully saturated rings. The van der Waals surface area contributed by atoms with Gasteiger partial charge in [-0.05, 0) is 16.3 Å². The summed E-state index contributed by atoms with van der Waals surface area (Å²) in [7, 11) is 1.26. The van der Waals surface area contributed by atoms with Gasteiger partial charge in [-0.1, -0.05) is 42.5 Å². The number of esters is 1. The molecule has 118 valence electrons. The maximum absolute atomic E-state index is 12.1. The van der Waals surface area contributed by atoms with Crippen LogP contribution >= 0.6 is 0 Å². The fourth-order valence-electron chi connectivity index (χ4n) is 2.80. The van der Waals surface area contributed by atoms with Crippen molar-refractivity contribution in [3.63, 3.8) is 0 Å². The molecule has 1 heterocycles. The first kappa shape index (κ1) is 14.9. The quantitative estimate of drug-likeness (QED) is 0.858. The van der Waals surface area contributed by atoms with Crippen molar-refractivity contribution in [3.05, 3.63) is 59.5 Å². The highest BCUT2D eigenvalue weighted by atomic mass is 16.7. The normalized spacial score (nSPS) is 17.3. The van der Waals surface area contributed by atoms with E-state index in [0.29, 0.717) is 0 Å². The maximum Gasteiger partial charge on any atom is 0.341 e. The molecule has 6 heteroatoms. The van der Waals surface area contributed by atoms with E-state index in [1.807, 2.05) is 42.5 Å². The minimum absolute atomic E-state index is 0.120. The average molecular weight is 312 g/mol. The SMILES string of the molecule is COC(=O)C1=C(N)ON(C(C)=O)C1c1cccc2ccccc12. The van der Waals surface area contributed by atoms with Gasteiger partial charge in [0.15, 0.2) is 0 Å². The number of methoxy groups -OCH3 is 1. The summed E-state index contributed by atoms with van der Waals surface area (Å²) in [5.74, 6) is -1.10. The lowest BCUT2D eigenvalue weighted by Crippen LogP contribution is -2.30. The van der Waals surface area contributed by atoms with Crippen molar-refractivity contribution in [2.45, 2.75) is 13.0 Å². The molecule has 2 aromatic carbocycles. The fourth-order valence-corrected chi connectivity index (χ4v) is 2.80. The van der Waals surface area contributed by atoms with Crippen molar-refractivity contribution in [1.82, 2.24) is 5.06 Å². The Morgan fingerprint density at radius 1 is 1.17 bits per heavy atom. The third-order valence-corrected chi connectivity index (χ3v) is 3.80. The Kier molecular flexibility index (Phi) is 3.65. The summed E-state index contributed by atoms with van der Waals surface area (Å²) < 4.78 is 4.80. The van der Waals surface area contributed by atoms with Crippen LogP contribution in [0.1, 0.15) is 18.5 Å². The van der Waals surface area contributed by atoms with Crippen molar-refractivity contribution < 1.29 is 19.2 Å². The second kappa shape index (κ2) is 5.64. The number of benzene rings is 2. The summed E-state index contributed by atoms with van der Waals surface area (Å²) >= 11 is 0. The molecule has 6 nitrogen and oxygen atoms in total. The minimum Gasteiger partial charge on any atom is -0.465 e. The summed E-state index contributed by atoms with van der Waals surface area (Å²) in [5.41, 5.74) is 6.69. The molecule has 2 N–H and O–H groups in total. The Morgan fingerprint density at radius 3 is 2.57 bits per heavy atom. The number of hydroxylamine groups is 2. The predicted octanol–water partition coefficient (Wildman–Crippen LogP) is 2.02. The van der Waals surface area contributed by atoms with E-state index in [1.165, 1.54) is 14.0 Å². The lowest BCUT2D eigenvalue weighted by atomic mass is 9.94. The van der Waals surface area contributed by atoms with Crippen LogP contribution < -0.4 is 5.73 Å². The number of nitrogens with zero attached hydrogens (tertiary/aromatic N) is 1. The van der Waals surface area contributed by atoms with Gasteiger partial charge in [-0.15, -0.1) is 0 Å². The van der Waals surface area contributed by atoms with Crippen LogP contribution in [0.5, 0.6) is 0 Å². The number of hydrogen-bond donors (Lipinski definition) is 1. The zero-order valence-electron chi connectivity index (χ0n) is 12.8. The zero-order valence-corrected chi connectivity index (χ0v) is 12.8. The van der Waals surface area contributed by atoms with Gasteiger partial charge in [-0.25, -0.2) is 4.79 Å². The average Bonchev–Trinajstić information content (AvgIpc) is 2.91. The summed E-state index contributed by atoms with van der Waals surface area (Å²) in [6, 6.07) is 12.6. The van der Waals surface area contributed by atoms with Crippen LogP contribution in [0.3, 0.4) is 0 Å². The molecule has 1 atom stereocenters. The first-order chi connectivity index (χ1) is 11.0. The zero-order chi connectivity index (χ0) is 16.6. The molecule has 0 aromatic heterocycles. The molecular formula is C17H16N2O4. The lowest BCUT2D eigenvalue weighted by molar-refractivity contribution is -0.170. The van der Waals surface area contributed by atoms with Gasteiger partial charge in [0, 0.05) is 6.92 Å². The van der Waals surface area contributed by atoms with Gasteiger partial charge in [0.05, 0.1) is 7.11 Å². The van der Waals surface area contributed by atoms with Crippen molar-refractivity contribution in [1.29, 1.82) is 0 Å². The predicted molar refractivity (Wildman–Crippen MR) is 83.5 cm³/mol.